The number of hydrogen-bond acceptors (Lipinski definition) is 10. The molecule has 0 spiro atoms. The van der Waals surface area contributed by atoms with Gasteiger partial charge in [0.25, 0.3) is 0 Å². The van der Waals surface area contributed by atoms with Gasteiger partial charge in [-0.3, -0.25) is 24.1 Å². The van der Waals surface area contributed by atoms with Crippen LogP contribution in [0.4, 0.5) is 5.82 Å². The maximum Gasteiger partial charge on any atom is 0.245 e. The van der Waals surface area contributed by atoms with E-state index in [0.29, 0.717) is 30.9 Å². The number of likely N-dealkylation sites (tertiary alicyclic amines) is 1. The van der Waals surface area contributed by atoms with Crippen LogP contribution in [0.25, 0.3) is 0 Å². The summed E-state index contributed by atoms with van der Waals surface area (Å²) in [4.78, 5) is 65.9. The zero-order valence-corrected chi connectivity index (χ0v) is 37.6. The largest absolute Gasteiger partial charge is 0.386 e. The average molecular weight is 824 g/mol. The summed E-state index contributed by atoms with van der Waals surface area (Å²) in [6, 6.07) is 10.1. The number of amides is 4. The number of ether oxygens (including phenoxy) is 2. The van der Waals surface area contributed by atoms with Gasteiger partial charge in [0.05, 0.1) is 54.8 Å². The van der Waals surface area contributed by atoms with Gasteiger partial charge < -0.3 is 40.7 Å². The molecular weight excluding hydrogens is 751 g/mol. The second-order valence-electron chi connectivity index (χ2n) is 17.2. The summed E-state index contributed by atoms with van der Waals surface area (Å²) in [5, 5.41) is 16.9. The van der Waals surface area contributed by atoms with E-state index in [1.165, 1.54) is 0 Å². The average Bonchev–Trinajstić information content (AvgIpc) is 3.68. The number of nitrogens with one attached hydrogen (secondary N) is 2. The van der Waals surface area contributed by atoms with Crippen molar-refractivity contribution in [3.05, 3.63) is 59.8 Å². The van der Waals surface area contributed by atoms with Crippen molar-refractivity contribution in [2.45, 2.75) is 136 Å². The number of aliphatic hydroxyl groups is 1. The first-order chi connectivity index (χ1) is 27.9. The predicted molar refractivity (Wildman–Crippen MR) is 231 cm³/mol. The van der Waals surface area contributed by atoms with E-state index in [-0.39, 0.29) is 53.8 Å². The van der Waals surface area contributed by atoms with Gasteiger partial charge in [-0.05, 0) is 67.8 Å². The number of aromatic nitrogens is 1. The molecule has 5 N–H and O–H groups in total. The Hall–Kier alpha value is -4.11. The number of nitrogens with zero attached hydrogens (tertiary/aromatic N) is 4. The summed E-state index contributed by atoms with van der Waals surface area (Å²) in [7, 11) is 6.72. The van der Waals surface area contributed by atoms with Gasteiger partial charge in [0.15, 0.2) is 0 Å². The molecule has 3 rings (SSSR count). The van der Waals surface area contributed by atoms with Gasteiger partial charge in [-0.1, -0.05) is 85.2 Å². The Bertz CT molecular complexity index is 1650. The summed E-state index contributed by atoms with van der Waals surface area (Å²) in [6.07, 6.45) is 1.65. The number of aliphatic hydroxyl groups excluding tert-OH is 1. The van der Waals surface area contributed by atoms with Crippen molar-refractivity contribution in [2.24, 2.45) is 23.7 Å². The highest BCUT2D eigenvalue weighted by Crippen LogP contribution is 2.30. The first-order valence-corrected chi connectivity index (χ1v) is 21.2. The molecule has 1 unspecified atom stereocenters. The summed E-state index contributed by atoms with van der Waals surface area (Å²) in [5.74, 6) is -1.49. The van der Waals surface area contributed by atoms with Crippen LogP contribution in [0.5, 0.6) is 0 Å². The van der Waals surface area contributed by atoms with E-state index in [1.54, 1.807) is 57.2 Å². The minimum Gasteiger partial charge on any atom is -0.386 e. The van der Waals surface area contributed by atoms with Crippen LogP contribution in [0.3, 0.4) is 0 Å². The number of pyridine rings is 1. The highest BCUT2D eigenvalue weighted by Gasteiger charge is 2.43. The van der Waals surface area contributed by atoms with E-state index in [1.807, 2.05) is 89.9 Å². The lowest BCUT2D eigenvalue weighted by atomic mass is 9.89. The van der Waals surface area contributed by atoms with Crippen LogP contribution in [-0.4, -0.2) is 126 Å². The van der Waals surface area contributed by atoms with Crippen LogP contribution >= 0.6 is 0 Å². The molecule has 1 aliphatic rings. The fraction of sp³-hybridized carbons (Fsp3) is 0.667. The third-order valence-corrected chi connectivity index (χ3v) is 12.1. The van der Waals surface area contributed by atoms with Gasteiger partial charge in [0.2, 0.25) is 23.6 Å². The Balaban J connectivity index is 1.77. The minimum absolute atomic E-state index is 0.00931. The molecule has 14 nitrogen and oxygen atoms in total. The topological polar surface area (TPSA) is 180 Å². The number of carbonyl (C=O) groups is 4. The highest BCUT2D eigenvalue weighted by atomic mass is 16.5. The van der Waals surface area contributed by atoms with Crippen molar-refractivity contribution in [3.8, 4) is 0 Å². The Labute approximate surface area is 352 Å². The summed E-state index contributed by atoms with van der Waals surface area (Å²) in [6.45, 7) is 16.4. The maximum absolute atomic E-state index is 14.5. The van der Waals surface area contributed by atoms with Crippen molar-refractivity contribution >= 4 is 29.4 Å². The normalized spacial score (nSPS) is 19.1. The first kappa shape index (κ1) is 49.3. The molecule has 0 saturated carbocycles. The Morgan fingerprint density at radius 2 is 1.61 bits per heavy atom. The fourth-order valence-electron chi connectivity index (χ4n) is 8.64. The Morgan fingerprint density at radius 3 is 2.17 bits per heavy atom. The minimum atomic E-state index is -0.887. The van der Waals surface area contributed by atoms with Crippen LogP contribution in [0.1, 0.15) is 98.3 Å². The molecular formula is C45H73N7O7. The lowest BCUT2D eigenvalue weighted by Crippen LogP contribution is -2.60. The number of rotatable bonds is 22. The molecule has 59 heavy (non-hydrogen) atoms. The molecule has 2 heterocycles. The second kappa shape index (κ2) is 23.0. The van der Waals surface area contributed by atoms with Gasteiger partial charge in [-0.25, -0.2) is 4.98 Å². The molecule has 1 saturated heterocycles. The van der Waals surface area contributed by atoms with Crippen LogP contribution < -0.4 is 16.4 Å². The molecule has 1 aliphatic heterocycles. The zero-order valence-electron chi connectivity index (χ0n) is 37.6. The van der Waals surface area contributed by atoms with Crippen LogP contribution in [0.2, 0.25) is 0 Å². The van der Waals surface area contributed by atoms with Gasteiger partial charge in [-0.2, -0.15) is 0 Å². The maximum atomic E-state index is 14.5. The lowest BCUT2D eigenvalue weighted by Gasteiger charge is -2.41. The lowest BCUT2D eigenvalue weighted by molar-refractivity contribution is -0.148. The number of nitrogens with two attached hydrogens (primary N) is 1. The molecule has 0 radical (unpaired) electrons. The van der Waals surface area contributed by atoms with E-state index < -0.39 is 48.4 Å². The predicted octanol–water partition coefficient (Wildman–Crippen LogP) is 4.42. The van der Waals surface area contributed by atoms with Crippen molar-refractivity contribution < 1.29 is 33.8 Å². The van der Waals surface area contributed by atoms with E-state index >= 15 is 0 Å². The third kappa shape index (κ3) is 12.9. The number of benzene rings is 1. The van der Waals surface area contributed by atoms with Gasteiger partial charge in [-0.15, -0.1) is 0 Å². The molecule has 4 amide bonds. The third-order valence-electron chi connectivity index (χ3n) is 12.1. The van der Waals surface area contributed by atoms with Crippen molar-refractivity contribution in [1.82, 2.24) is 30.3 Å². The fourth-order valence-corrected chi connectivity index (χ4v) is 8.64. The molecule has 0 bridgehead atoms. The van der Waals surface area contributed by atoms with Crippen molar-refractivity contribution in [3.63, 3.8) is 0 Å². The summed E-state index contributed by atoms with van der Waals surface area (Å²) >= 11 is 0. The molecule has 10 atom stereocenters. The molecule has 1 aromatic carbocycles. The van der Waals surface area contributed by atoms with Crippen LogP contribution in [-0.2, 0) is 35.2 Å². The smallest absolute Gasteiger partial charge is 0.245 e. The van der Waals surface area contributed by atoms with Gasteiger partial charge in [0, 0.05) is 40.6 Å². The second-order valence-corrected chi connectivity index (χ2v) is 17.2. The zero-order chi connectivity index (χ0) is 44.1. The standard InChI is InChI=1S/C45H73N7O7/c1-13-29(6)40(51(10)45(57)38(27(2)3)49-44(56)39(28(4)5)50(9)26-32-21-22-47-36(46)24-32)35(58-11)25-37(53)52-23-17-20-34(52)42(59-12)30(7)43(55)48-31(8)41(54)33-18-15-14-16-19-33/h14-16,18-19,21-22,24,27-31,34-35,38-42,54H,13,17,20,23,25-26H2,1-12H3,(H2,46,47)(H,48,55)(H,49,56)/t29-,30+,31+,34-,35+,38-,39-,40-,41+,42?/m0/s1. The Morgan fingerprint density at radius 1 is 0.949 bits per heavy atom. The number of carbonyl (C=O) groups excluding carboxylic acids is 4. The van der Waals surface area contributed by atoms with E-state index in [2.05, 4.69) is 15.6 Å². The molecule has 14 heteroatoms. The number of methoxy groups -OCH3 is 2. The number of anilines is 1. The van der Waals surface area contributed by atoms with Crippen LogP contribution in [0, 0.1) is 23.7 Å². The number of nitrogen functional groups attached to an aromatic ring is 1. The van der Waals surface area contributed by atoms with E-state index in [4.69, 9.17) is 15.2 Å². The summed E-state index contributed by atoms with van der Waals surface area (Å²) < 4.78 is 12.0. The van der Waals surface area contributed by atoms with E-state index in [0.717, 1.165) is 18.4 Å². The number of likely N-dealkylation sites (N-methyl/N-ethyl adjacent to an activating group) is 2. The molecule has 1 fully saturated rings. The van der Waals surface area contributed by atoms with Crippen molar-refractivity contribution in [2.75, 3.05) is 40.6 Å². The molecule has 0 aliphatic carbocycles. The Kier molecular flexibility index (Phi) is 19.2. The highest BCUT2D eigenvalue weighted by molar-refractivity contribution is 5.90. The monoisotopic (exact) mass is 824 g/mol. The first-order valence-electron chi connectivity index (χ1n) is 21.2. The molecule has 1 aromatic heterocycles. The summed E-state index contributed by atoms with van der Waals surface area (Å²) in [5.41, 5.74) is 7.54. The molecule has 2 aromatic rings. The molecule has 330 valence electrons. The quantitative estimate of drug-likeness (QED) is 0.133. The number of hydrogen-bond donors (Lipinski definition) is 4. The van der Waals surface area contributed by atoms with Crippen molar-refractivity contribution in [1.29, 1.82) is 0 Å². The van der Waals surface area contributed by atoms with E-state index in [9.17, 15) is 24.3 Å². The van der Waals surface area contributed by atoms with Crippen LogP contribution in [0.15, 0.2) is 48.7 Å². The SMILES string of the molecule is CC[C@H](C)[C@@H]([C@@H](CC(=O)N1CCC[C@H]1C(OC)[C@@H](C)C(=O)N[C@H](C)[C@@H](O)c1ccccc1)OC)N(C)C(=O)[C@@H](NC(=O)[C@H](C(C)C)N(C)Cc1ccnc(N)c1)C(C)C. The van der Waals surface area contributed by atoms with Gasteiger partial charge in [0.1, 0.15) is 11.9 Å². The van der Waals surface area contributed by atoms with Gasteiger partial charge >= 0.3 is 0 Å².